The molecule has 0 bridgehead atoms. The quantitative estimate of drug-likeness (QED) is 0.262. The van der Waals surface area contributed by atoms with Gasteiger partial charge in [0, 0.05) is 5.56 Å². The second-order valence-corrected chi connectivity index (χ2v) is 8.78. The molecule has 0 fully saturated rings. The van der Waals surface area contributed by atoms with Gasteiger partial charge in [-0.05, 0) is 62.4 Å². The minimum Gasteiger partial charge on any atom is -0.449 e. The second kappa shape index (κ2) is 9.39. The maximum Gasteiger partial charge on any atom is 0.425 e. The zero-order chi connectivity index (χ0) is 22.6. The van der Waals surface area contributed by atoms with Crippen molar-refractivity contribution >= 4 is 22.6 Å². The lowest BCUT2D eigenvalue weighted by molar-refractivity contribution is -0.198. The molecule has 0 aliphatic heterocycles. The lowest BCUT2D eigenvalue weighted by atomic mass is 10.2. The lowest BCUT2D eigenvalue weighted by Crippen LogP contribution is -2.31. The van der Waals surface area contributed by atoms with Gasteiger partial charge in [0.1, 0.15) is 16.5 Å². The Balaban J connectivity index is 2.09. The van der Waals surface area contributed by atoms with E-state index in [9.17, 15) is 22.8 Å². The molecule has 0 aromatic heterocycles. The van der Waals surface area contributed by atoms with Gasteiger partial charge in [-0.3, -0.25) is 4.79 Å². The predicted octanol–water partition coefficient (Wildman–Crippen LogP) is 6.09. The van der Waals surface area contributed by atoms with Gasteiger partial charge >= 0.3 is 12.1 Å². The average molecular weight is 445 g/mol. The van der Waals surface area contributed by atoms with Gasteiger partial charge in [-0.25, -0.2) is 4.79 Å². The number of hydrogen-bond acceptors (Lipinski definition) is 3. The summed E-state index contributed by atoms with van der Waals surface area (Å²) in [5, 5.41) is 0. The summed E-state index contributed by atoms with van der Waals surface area (Å²) in [6, 6.07) is 22.8. The van der Waals surface area contributed by atoms with E-state index >= 15 is 0 Å². The maximum atomic E-state index is 12.9. The molecule has 0 saturated carbocycles. The zero-order valence-corrected chi connectivity index (χ0v) is 17.7. The van der Waals surface area contributed by atoms with Crippen molar-refractivity contribution in [1.82, 2.24) is 0 Å². The van der Waals surface area contributed by atoms with Crippen LogP contribution in [-0.2, 0) is 15.6 Å². The van der Waals surface area contributed by atoms with Crippen LogP contribution in [0.2, 0.25) is 0 Å². The first-order chi connectivity index (χ1) is 14.7. The molecule has 0 saturated heterocycles. The van der Waals surface area contributed by atoms with Gasteiger partial charge in [0.2, 0.25) is 0 Å². The van der Waals surface area contributed by atoms with Gasteiger partial charge in [0.25, 0.3) is 0 Å². The Morgan fingerprint density at radius 1 is 0.839 bits per heavy atom. The van der Waals surface area contributed by atoms with Crippen LogP contribution in [0.3, 0.4) is 0 Å². The van der Waals surface area contributed by atoms with E-state index in [1.807, 2.05) is 30.3 Å². The Morgan fingerprint density at radius 2 is 1.39 bits per heavy atom. The van der Waals surface area contributed by atoms with Crippen LogP contribution >= 0.6 is 0 Å². The Kier molecular flexibility index (Phi) is 6.85. The fraction of sp³-hybridized carbons (Fsp3) is 0.167. The summed E-state index contributed by atoms with van der Waals surface area (Å²) in [5.41, 5.74) is 0.619. The van der Waals surface area contributed by atoms with Gasteiger partial charge < -0.3 is 4.74 Å². The monoisotopic (exact) mass is 445 g/mol. The van der Waals surface area contributed by atoms with Crippen molar-refractivity contribution in [3.63, 3.8) is 0 Å². The fourth-order valence-corrected chi connectivity index (χ4v) is 5.08. The van der Waals surface area contributed by atoms with Gasteiger partial charge in [-0.2, -0.15) is 13.2 Å². The minimum atomic E-state index is -4.64. The van der Waals surface area contributed by atoms with Crippen LogP contribution in [0.15, 0.2) is 93.5 Å². The largest absolute Gasteiger partial charge is 0.449 e. The molecule has 0 radical (unpaired) electrons. The molecule has 3 rings (SSSR count). The number of rotatable bonds is 6. The maximum absolute atomic E-state index is 12.9. The third kappa shape index (κ3) is 5.35. The highest BCUT2D eigenvalue weighted by Gasteiger charge is 2.41. The predicted molar refractivity (Wildman–Crippen MR) is 112 cm³/mol. The molecule has 0 N–H and O–H groups in total. The first kappa shape index (κ1) is 22.6. The van der Waals surface area contributed by atoms with Crippen molar-refractivity contribution < 1.29 is 27.5 Å². The molecule has 0 spiro atoms. The molecule has 3 aromatic carbocycles. The average Bonchev–Trinajstić information content (AvgIpc) is 2.74. The van der Waals surface area contributed by atoms with Gasteiger partial charge in [-0.1, -0.05) is 30.3 Å². The van der Waals surface area contributed by atoms with Gasteiger partial charge in [-0.15, -0.1) is 0 Å². The van der Waals surface area contributed by atoms with Crippen LogP contribution in [-0.4, -0.2) is 24.0 Å². The first-order valence-electron chi connectivity index (χ1n) is 9.45. The summed E-state index contributed by atoms with van der Waals surface area (Å²) in [6.07, 6.45) is -6.87. The number of Topliss-reactive ketones (excluding diaryl/α,β-unsaturated/α-hetero) is 1. The van der Waals surface area contributed by atoms with E-state index in [1.165, 1.54) is 13.0 Å². The highest BCUT2D eigenvalue weighted by Crippen LogP contribution is 2.34. The molecule has 2 atom stereocenters. The van der Waals surface area contributed by atoms with Crippen molar-refractivity contribution in [2.45, 2.75) is 40.8 Å². The number of benzene rings is 3. The topological polar surface area (TPSA) is 43.4 Å². The number of carbonyl (C=O) groups excluding carboxylic acids is 2. The Bertz CT molecular complexity index is 1060. The molecule has 31 heavy (non-hydrogen) atoms. The molecule has 2 unspecified atom stereocenters. The van der Waals surface area contributed by atoms with Crippen LogP contribution in [0.1, 0.15) is 34.6 Å². The van der Waals surface area contributed by atoms with E-state index in [4.69, 9.17) is 4.74 Å². The minimum absolute atomic E-state index is 0.0708. The van der Waals surface area contributed by atoms with E-state index < -0.39 is 29.1 Å². The normalized spacial score (nSPS) is 13.3. The van der Waals surface area contributed by atoms with E-state index in [1.54, 1.807) is 42.5 Å². The van der Waals surface area contributed by atoms with Crippen LogP contribution < -0.4 is 0 Å². The highest BCUT2D eigenvalue weighted by molar-refractivity contribution is 7.97. The summed E-state index contributed by atoms with van der Waals surface area (Å²) in [7, 11) is -0.798. The van der Waals surface area contributed by atoms with Crippen molar-refractivity contribution in [2.24, 2.45) is 0 Å². The van der Waals surface area contributed by atoms with Crippen molar-refractivity contribution in [1.29, 1.82) is 0 Å². The Morgan fingerprint density at radius 3 is 1.97 bits per heavy atom. The van der Waals surface area contributed by atoms with Crippen molar-refractivity contribution in [2.75, 3.05) is 0 Å². The lowest BCUT2D eigenvalue weighted by Gasteiger charge is -2.17. The van der Waals surface area contributed by atoms with E-state index in [0.29, 0.717) is 10.5 Å². The highest BCUT2D eigenvalue weighted by atomic mass is 32.2. The van der Waals surface area contributed by atoms with Gasteiger partial charge in [0.15, 0.2) is 26.6 Å². The molecule has 0 heterocycles. The van der Waals surface area contributed by atoms with Crippen LogP contribution in [0.4, 0.5) is 13.2 Å². The summed E-state index contributed by atoms with van der Waals surface area (Å²) in [4.78, 5) is 26.6. The molecule has 3 aromatic rings. The van der Waals surface area contributed by atoms with Gasteiger partial charge in [0.05, 0.1) is 0 Å². The van der Waals surface area contributed by atoms with Crippen molar-refractivity contribution in [3.05, 3.63) is 90.0 Å². The third-order valence-electron chi connectivity index (χ3n) is 4.55. The number of ketones is 1. The summed E-state index contributed by atoms with van der Waals surface area (Å²) < 4.78 is 43.5. The number of ether oxygens (including phenoxy) is 1. The summed E-state index contributed by atoms with van der Waals surface area (Å²) in [5.74, 6) is -1.11. The standard InChI is InChI=1S/C24H20F3O3S/c1-16(28)18-12-14-20(15-13-18)31(19-8-4-3-5-9-19)22-11-7-6-10-21(22)23(29)30-17(2)24(25,26)27/h3-15,17H,1-2H3/q+1. The first-order valence-corrected chi connectivity index (χ1v) is 10.7. The number of esters is 1. The second-order valence-electron chi connectivity index (χ2n) is 6.79. The Labute approximate surface area is 181 Å². The molecule has 7 heteroatoms. The van der Waals surface area contributed by atoms with E-state index in [0.717, 1.165) is 16.7 Å². The number of hydrogen-bond donors (Lipinski definition) is 0. The molecule has 0 amide bonds. The number of halogens is 3. The van der Waals surface area contributed by atoms with Crippen LogP contribution in [0.5, 0.6) is 0 Å². The molecule has 0 aliphatic rings. The molecular formula is C24H20F3O3S+. The molecular weight excluding hydrogens is 425 g/mol. The molecule has 3 nitrogen and oxygen atoms in total. The zero-order valence-electron chi connectivity index (χ0n) is 16.8. The van der Waals surface area contributed by atoms with E-state index in [2.05, 4.69) is 0 Å². The fourth-order valence-electron chi connectivity index (χ4n) is 2.88. The Hall–Kier alpha value is -3.06. The van der Waals surface area contributed by atoms with Crippen molar-refractivity contribution in [3.8, 4) is 0 Å². The summed E-state index contributed by atoms with van der Waals surface area (Å²) in [6.45, 7) is 2.27. The van der Waals surface area contributed by atoms with Crippen LogP contribution in [0.25, 0.3) is 0 Å². The van der Waals surface area contributed by atoms with E-state index in [-0.39, 0.29) is 11.3 Å². The molecule has 0 aliphatic carbocycles. The SMILES string of the molecule is CC(=O)c1ccc([S+](c2ccccc2)c2ccccc2C(=O)OC(C)C(F)(F)F)cc1. The number of carbonyl (C=O) groups is 2. The number of alkyl halides is 3. The van der Waals surface area contributed by atoms with Crippen LogP contribution in [0, 0.1) is 0 Å². The smallest absolute Gasteiger partial charge is 0.425 e. The summed E-state index contributed by atoms with van der Waals surface area (Å²) >= 11 is 0. The molecule has 160 valence electrons. The third-order valence-corrected chi connectivity index (χ3v) is 6.83.